The number of hydrogen-bond acceptors (Lipinski definition) is 6. The Morgan fingerprint density at radius 3 is 2.51 bits per heavy atom. The largest absolute Gasteiger partial charge is 0.357 e. The lowest BCUT2D eigenvalue weighted by Gasteiger charge is -2.27. The van der Waals surface area contributed by atoms with Crippen LogP contribution in [-0.2, 0) is 17.8 Å². The fourth-order valence-corrected chi connectivity index (χ4v) is 5.94. The van der Waals surface area contributed by atoms with Crippen LogP contribution in [-0.4, -0.2) is 39.3 Å². The summed E-state index contributed by atoms with van der Waals surface area (Å²) in [5.41, 5.74) is 2.46. The van der Waals surface area contributed by atoms with Gasteiger partial charge in [-0.15, -0.1) is 0 Å². The van der Waals surface area contributed by atoms with Gasteiger partial charge in [-0.05, 0) is 49.8 Å². The molecule has 0 N–H and O–H groups in total. The average molecular weight is 507 g/mol. The van der Waals surface area contributed by atoms with Gasteiger partial charge in [-0.1, -0.05) is 67.7 Å². The molecule has 0 aliphatic carbocycles. The lowest BCUT2D eigenvalue weighted by Crippen LogP contribution is -2.33. The van der Waals surface area contributed by atoms with E-state index in [0.29, 0.717) is 27.9 Å². The van der Waals surface area contributed by atoms with E-state index in [1.165, 1.54) is 11.8 Å². The minimum absolute atomic E-state index is 0.118. The summed E-state index contributed by atoms with van der Waals surface area (Å²) in [5.74, 6) is 0.708. The number of amides is 1. The van der Waals surface area contributed by atoms with E-state index in [-0.39, 0.29) is 17.0 Å². The maximum Gasteiger partial charge on any atom is 0.270 e. The average Bonchev–Trinajstić information content (AvgIpc) is 3.48. The maximum absolute atomic E-state index is 13.4. The Kier molecular flexibility index (Phi) is 8.09. The molecule has 2 saturated heterocycles. The third kappa shape index (κ3) is 5.21. The Bertz CT molecular complexity index is 1250. The van der Waals surface area contributed by atoms with E-state index in [1.807, 2.05) is 43.3 Å². The van der Waals surface area contributed by atoms with Crippen molar-refractivity contribution < 1.29 is 4.79 Å². The molecule has 2 aliphatic rings. The van der Waals surface area contributed by atoms with Crippen molar-refractivity contribution >= 4 is 46.1 Å². The van der Waals surface area contributed by atoms with Gasteiger partial charge in [0.15, 0.2) is 0 Å². The number of rotatable bonds is 8. The van der Waals surface area contributed by atoms with E-state index in [2.05, 4.69) is 17.9 Å². The fourth-order valence-electron chi connectivity index (χ4n) is 4.65. The number of carbonyl (C=O) groups is 1. The molecule has 6 nitrogen and oxygen atoms in total. The highest BCUT2D eigenvalue weighted by molar-refractivity contribution is 8.26. The molecule has 0 unspecified atom stereocenters. The van der Waals surface area contributed by atoms with E-state index < -0.39 is 0 Å². The third-order valence-corrected chi connectivity index (χ3v) is 7.98. The first-order chi connectivity index (χ1) is 17.0. The molecule has 2 aromatic rings. The van der Waals surface area contributed by atoms with Crippen LogP contribution in [0.5, 0.6) is 0 Å². The summed E-state index contributed by atoms with van der Waals surface area (Å²) < 4.78 is 2.29. The molecule has 2 fully saturated rings. The van der Waals surface area contributed by atoms with Crippen molar-refractivity contribution in [2.75, 3.05) is 24.5 Å². The van der Waals surface area contributed by atoms with Gasteiger partial charge < -0.3 is 4.90 Å². The molecule has 182 valence electrons. The maximum atomic E-state index is 13.4. The number of benzene rings is 1. The lowest BCUT2D eigenvalue weighted by atomic mass is 10.0. The Morgan fingerprint density at radius 1 is 1.14 bits per heavy atom. The first-order valence-corrected chi connectivity index (χ1v) is 13.4. The van der Waals surface area contributed by atoms with Gasteiger partial charge in [-0.2, -0.15) is 5.26 Å². The summed E-state index contributed by atoms with van der Waals surface area (Å²) >= 11 is 6.85. The zero-order chi connectivity index (χ0) is 24.9. The van der Waals surface area contributed by atoms with Crippen molar-refractivity contribution in [2.45, 2.75) is 52.5 Å². The minimum Gasteiger partial charge on any atom is -0.357 e. The SMILES string of the molecule is CCCCn1c(N2CCCC2)c(/C=C2\SC(=S)N(CCc3ccccc3)C2=O)c(C)c(C#N)c1=O. The van der Waals surface area contributed by atoms with Crippen molar-refractivity contribution in [3.8, 4) is 6.07 Å². The first-order valence-electron chi connectivity index (χ1n) is 12.2. The van der Waals surface area contributed by atoms with Gasteiger partial charge in [0.2, 0.25) is 0 Å². The quantitative estimate of drug-likeness (QED) is 0.376. The van der Waals surface area contributed by atoms with E-state index in [1.54, 1.807) is 9.47 Å². The van der Waals surface area contributed by atoms with Gasteiger partial charge in [0.25, 0.3) is 11.5 Å². The minimum atomic E-state index is -0.243. The van der Waals surface area contributed by atoms with Crippen LogP contribution in [0.25, 0.3) is 6.08 Å². The predicted octanol–water partition coefficient (Wildman–Crippen LogP) is 4.87. The molecular formula is C27H30N4O2S2. The summed E-state index contributed by atoms with van der Waals surface area (Å²) in [6, 6.07) is 12.2. The summed E-state index contributed by atoms with van der Waals surface area (Å²) in [6.07, 6.45) is 6.48. The molecular weight excluding hydrogens is 476 g/mol. The number of thiocarbonyl (C=S) groups is 1. The second-order valence-electron chi connectivity index (χ2n) is 8.92. The number of hydrogen-bond donors (Lipinski definition) is 0. The standard InChI is InChI=1S/C27H30N4O2S2/c1-3-4-15-30-24(29-13-8-9-14-29)21(19(2)22(18-28)25(30)32)17-23-26(33)31(27(34)35-23)16-12-20-10-6-5-7-11-20/h5-7,10-11,17H,3-4,8-9,12-16H2,1-2H3/b23-17-. The van der Waals surface area contributed by atoms with Crippen LogP contribution in [0.4, 0.5) is 5.82 Å². The highest BCUT2D eigenvalue weighted by Gasteiger charge is 2.33. The summed E-state index contributed by atoms with van der Waals surface area (Å²) in [6.45, 7) is 6.68. The lowest BCUT2D eigenvalue weighted by molar-refractivity contribution is -0.122. The topological polar surface area (TPSA) is 69.3 Å². The molecule has 1 aromatic heterocycles. The molecule has 4 rings (SSSR count). The summed E-state index contributed by atoms with van der Waals surface area (Å²) in [7, 11) is 0. The third-order valence-electron chi connectivity index (χ3n) is 6.60. The Labute approximate surface area is 216 Å². The second-order valence-corrected chi connectivity index (χ2v) is 10.6. The Hall–Kier alpha value is -2.89. The fraction of sp³-hybridized carbons (Fsp3) is 0.407. The van der Waals surface area contributed by atoms with Crippen molar-refractivity contribution in [3.05, 3.63) is 67.8 Å². The molecule has 0 radical (unpaired) electrons. The molecule has 8 heteroatoms. The van der Waals surface area contributed by atoms with Crippen molar-refractivity contribution in [1.82, 2.24) is 9.47 Å². The van der Waals surface area contributed by atoms with Gasteiger partial charge in [0.1, 0.15) is 21.8 Å². The molecule has 0 bridgehead atoms. The molecule has 0 atom stereocenters. The highest BCUT2D eigenvalue weighted by Crippen LogP contribution is 2.36. The van der Waals surface area contributed by atoms with E-state index in [4.69, 9.17) is 12.2 Å². The molecule has 1 amide bonds. The smallest absolute Gasteiger partial charge is 0.270 e. The highest BCUT2D eigenvalue weighted by atomic mass is 32.2. The zero-order valence-electron chi connectivity index (χ0n) is 20.2. The Morgan fingerprint density at radius 2 is 1.86 bits per heavy atom. The van der Waals surface area contributed by atoms with Crippen LogP contribution in [0.1, 0.15) is 54.9 Å². The van der Waals surface area contributed by atoms with Crippen LogP contribution < -0.4 is 10.5 Å². The normalized spacial score (nSPS) is 17.0. The number of nitrogens with zero attached hydrogens (tertiary/aromatic N) is 4. The number of aromatic nitrogens is 1. The van der Waals surface area contributed by atoms with Crippen molar-refractivity contribution in [1.29, 1.82) is 5.26 Å². The van der Waals surface area contributed by atoms with Crippen molar-refractivity contribution in [3.63, 3.8) is 0 Å². The van der Waals surface area contributed by atoms with Gasteiger partial charge in [0, 0.05) is 31.7 Å². The number of anilines is 1. The van der Waals surface area contributed by atoms with Crippen LogP contribution in [0.3, 0.4) is 0 Å². The number of pyridine rings is 1. The predicted molar refractivity (Wildman–Crippen MR) is 147 cm³/mol. The number of nitriles is 1. The number of thioether (sulfide) groups is 1. The molecule has 3 heterocycles. The molecule has 0 saturated carbocycles. The van der Waals surface area contributed by atoms with Gasteiger partial charge in [-0.25, -0.2) is 0 Å². The van der Waals surface area contributed by atoms with E-state index >= 15 is 0 Å². The number of unbranched alkanes of at least 4 members (excludes halogenated alkanes) is 1. The monoisotopic (exact) mass is 506 g/mol. The second kappa shape index (κ2) is 11.2. The first kappa shape index (κ1) is 25.2. The van der Waals surface area contributed by atoms with Crippen LogP contribution in [0.15, 0.2) is 40.0 Å². The Balaban J connectivity index is 1.75. The molecule has 1 aromatic carbocycles. The van der Waals surface area contributed by atoms with E-state index in [9.17, 15) is 14.9 Å². The van der Waals surface area contributed by atoms with Crippen LogP contribution in [0, 0.1) is 18.3 Å². The van der Waals surface area contributed by atoms with Gasteiger partial charge in [-0.3, -0.25) is 19.1 Å². The van der Waals surface area contributed by atoms with E-state index in [0.717, 1.165) is 62.1 Å². The van der Waals surface area contributed by atoms with Gasteiger partial charge in [0.05, 0.1) is 4.91 Å². The molecule has 0 spiro atoms. The molecule has 35 heavy (non-hydrogen) atoms. The van der Waals surface area contributed by atoms with Crippen molar-refractivity contribution in [2.24, 2.45) is 0 Å². The molecule has 2 aliphatic heterocycles. The summed E-state index contributed by atoms with van der Waals surface area (Å²) in [5, 5.41) is 9.81. The number of carbonyl (C=O) groups excluding carboxylic acids is 1. The summed E-state index contributed by atoms with van der Waals surface area (Å²) in [4.78, 5) is 31.1. The van der Waals surface area contributed by atoms with Crippen LogP contribution >= 0.6 is 24.0 Å². The van der Waals surface area contributed by atoms with Crippen LogP contribution in [0.2, 0.25) is 0 Å². The van der Waals surface area contributed by atoms with Gasteiger partial charge >= 0.3 is 0 Å². The zero-order valence-corrected chi connectivity index (χ0v) is 21.9.